The molecule has 7 heteroatoms. The lowest BCUT2D eigenvalue weighted by atomic mass is 9.79. The summed E-state index contributed by atoms with van der Waals surface area (Å²) < 4.78 is 11.7. The Morgan fingerprint density at radius 1 is 0.822 bits per heavy atom. The minimum absolute atomic E-state index is 0.0298. The molecule has 0 fully saturated rings. The molecule has 7 nitrogen and oxygen atoms in total. The first-order valence-corrected chi connectivity index (χ1v) is 14.9. The number of aromatic amines is 1. The van der Waals surface area contributed by atoms with Crippen LogP contribution in [0.3, 0.4) is 0 Å². The number of methoxy groups -OCH3 is 1. The van der Waals surface area contributed by atoms with E-state index in [-0.39, 0.29) is 17.5 Å². The quantitative estimate of drug-likeness (QED) is 0.174. The van der Waals surface area contributed by atoms with Gasteiger partial charge in [-0.25, -0.2) is 4.98 Å². The Morgan fingerprint density at radius 2 is 1.56 bits per heavy atom. The lowest BCUT2D eigenvalue weighted by molar-refractivity contribution is 0.0824. The summed E-state index contributed by atoms with van der Waals surface area (Å²) in [5, 5.41) is 0. The number of fused-ring (bicyclic) bond motifs is 2. The van der Waals surface area contributed by atoms with E-state index in [0.29, 0.717) is 46.0 Å². The molecule has 0 saturated heterocycles. The maximum atomic E-state index is 14.2. The van der Waals surface area contributed by atoms with E-state index in [4.69, 9.17) is 14.5 Å². The topological polar surface area (TPSA) is 94.2 Å². The molecule has 1 aliphatic carbocycles. The van der Waals surface area contributed by atoms with Crippen molar-refractivity contribution in [2.24, 2.45) is 5.92 Å². The van der Waals surface area contributed by atoms with Gasteiger partial charge in [0.2, 0.25) is 0 Å². The molecule has 6 aromatic rings. The fraction of sp³-hybridized carbons (Fsp3) is 0.158. The van der Waals surface area contributed by atoms with Gasteiger partial charge in [0.25, 0.3) is 0 Å². The molecule has 3 atom stereocenters. The number of hydrogen-bond acceptors (Lipinski definition) is 6. The van der Waals surface area contributed by atoms with Crippen LogP contribution in [0.5, 0.6) is 11.5 Å². The van der Waals surface area contributed by atoms with Crippen LogP contribution < -0.4 is 9.47 Å². The first kappa shape index (κ1) is 28.2. The van der Waals surface area contributed by atoms with Crippen LogP contribution in [-0.4, -0.2) is 33.6 Å². The van der Waals surface area contributed by atoms with Gasteiger partial charge in [0.05, 0.1) is 18.5 Å². The van der Waals surface area contributed by atoms with E-state index < -0.39 is 11.8 Å². The summed E-state index contributed by atoms with van der Waals surface area (Å²) in [5.74, 6) is -0.295. The molecular formula is C38H31N3O4. The third-order valence-corrected chi connectivity index (χ3v) is 8.60. The van der Waals surface area contributed by atoms with Gasteiger partial charge in [-0.3, -0.25) is 14.6 Å². The van der Waals surface area contributed by atoms with E-state index in [2.05, 4.69) is 29.0 Å². The summed E-state index contributed by atoms with van der Waals surface area (Å²) in [6, 6.07) is 34.4. The Hall–Kier alpha value is -5.56. The van der Waals surface area contributed by atoms with Crippen LogP contribution in [0.15, 0.2) is 115 Å². The lowest BCUT2D eigenvalue weighted by Crippen LogP contribution is -2.26. The molecule has 0 bridgehead atoms. The molecule has 7 rings (SSSR count). The van der Waals surface area contributed by atoms with Gasteiger partial charge in [-0.1, -0.05) is 79.7 Å². The van der Waals surface area contributed by atoms with Crippen molar-refractivity contribution in [3.8, 4) is 11.5 Å². The van der Waals surface area contributed by atoms with Crippen LogP contribution in [0.25, 0.3) is 11.0 Å². The molecule has 0 amide bonds. The molecular weight excluding hydrogens is 562 g/mol. The number of hydrogen-bond donors (Lipinski definition) is 1. The van der Waals surface area contributed by atoms with Gasteiger partial charge in [-0.05, 0) is 53.1 Å². The van der Waals surface area contributed by atoms with Crippen molar-refractivity contribution >= 4 is 22.6 Å². The minimum Gasteiger partial charge on any atom is -0.494 e. The van der Waals surface area contributed by atoms with Gasteiger partial charge < -0.3 is 14.5 Å². The number of pyridine rings is 1. The number of nitrogens with one attached hydrogen (secondary N) is 1. The first-order chi connectivity index (χ1) is 22.0. The molecule has 4 aromatic carbocycles. The smallest absolute Gasteiger partial charge is 0.175 e. The second-order valence-electron chi connectivity index (χ2n) is 11.3. The van der Waals surface area contributed by atoms with Crippen molar-refractivity contribution in [2.75, 3.05) is 7.11 Å². The Balaban J connectivity index is 1.31. The van der Waals surface area contributed by atoms with E-state index in [0.717, 1.165) is 22.5 Å². The molecule has 3 unspecified atom stereocenters. The van der Waals surface area contributed by atoms with Crippen molar-refractivity contribution in [2.45, 2.75) is 25.4 Å². The molecule has 0 saturated carbocycles. The maximum Gasteiger partial charge on any atom is 0.175 e. The number of H-pyrrole nitrogens is 1. The van der Waals surface area contributed by atoms with Gasteiger partial charge in [0, 0.05) is 34.9 Å². The van der Waals surface area contributed by atoms with Crippen LogP contribution in [0.4, 0.5) is 0 Å². The highest BCUT2D eigenvalue weighted by atomic mass is 16.5. The molecule has 1 N–H and O–H groups in total. The number of benzene rings is 4. The Bertz CT molecular complexity index is 2010. The van der Waals surface area contributed by atoms with Crippen molar-refractivity contribution in [1.82, 2.24) is 15.0 Å². The Morgan fingerprint density at radius 3 is 2.29 bits per heavy atom. The molecule has 0 radical (unpaired) electrons. The summed E-state index contributed by atoms with van der Waals surface area (Å²) in [4.78, 5) is 41.5. The fourth-order valence-electron chi connectivity index (χ4n) is 6.23. The predicted octanol–water partition coefficient (Wildman–Crippen LogP) is 7.52. The standard InChI is InChI=1S/C38H31N3O4/c1-23(25-13-7-4-8-14-25)38-40-34-28(18-19-31(44-2)35(34)41-38)32(30-15-9-10-20-39-30)33-36(42)27-17-16-26(21-29(27)37(33)43)45-22-24-11-5-3-6-12-24/h3-21,23,32-33H,22H2,1-2H3,(H,40,41). The average molecular weight is 594 g/mol. The second-order valence-corrected chi connectivity index (χ2v) is 11.3. The lowest BCUT2D eigenvalue weighted by Gasteiger charge is -2.22. The zero-order chi connectivity index (χ0) is 30.9. The third kappa shape index (κ3) is 5.16. The van der Waals surface area contributed by atoms with Crippen molar-refractivity contribution in [3.63, 3.8) is 0 Å². The van der Waals surface area contributed by atoms with Crippen molar-refractivity contribution in [3.05, 3.63) is 155 Å². The van der Waals surface area contributed by atoms with E-state index in [1.807, 2.05) is 78.9 Å². The zero-order valence-electron chi connectivity index (χ0n) is 24.9. The summed E-state index contributed by atoms with van der Waals surface area (Å²) in [6.45, 7) is 2.45. The maximum absolute atomic E-state index is 14.2. The highest BCUT2D eigenvalue weighted by Crippen LogP contribution is 2.44. The van der Waals surface area contributed by atoms with Crippen LogP contribution in [0.2, 0.25) is 0 Å². The number of carbonyl (C=O) groups is 2. The minimum atomic E-state index is -1.01. The fourth-order valence-corrected chi connectivity index (χ4v) is 6.23. The number of ketones is 2. The number of ether oxygens (including phenoxy) is 2. The van der Waals surface area contributed by atoms with E-state index >= 15 is 0 Å². The molecule has 0 spiro atoms. The van der Waals surface area contributed by atoms with E-state index in [1.54, 1.807) is 31.5 Å². The SMILES string of the molecule is COc1ccc(C(c2ccccn2)C2C(=O)c3ccc(OCc4ccccc4)cc3C2=O)c2nc(C(C)c3ccccc3)[nH]c12. The number of imidazole rings is 1. The highest BCUT2D eigenvalue weighted by Gasteiger charge is 2.46. The second kappa shape index (κ2) is 11.8. The number of Topliss-reactive ketones (excluding diaryl/α,β-unsaturated/α-hetero) is 2. The molecule has 2 aromatic heterocycles. The number of rotatable bonds is 9. The Labute approximate surface area is 260 Å². The molecule has 45 heavy (non-hydrogen) atoms. The van der Waals surface area contributed by atoms with Gasteiger partial charge in [-0.15, -0.1) is 0 Å². The summed E-state index contributed by atoms with van der Waals surface area (Å²) in [6.07, 6.45) is 1.68. The van der Waals surface area contributed by atoms with Gasteiger partial charge in [-0.2, -0.15) is 0 Å². The summed E-state index contributed by atoms with van der Waals surface area (Å²) in [7, 11) is 1.62. The van der Waals surface area contributed by atoms with Crippen LogP contribution in [0.1, 0.15) is 67.7 Å². The normalized spacial score (nSPS) is 15.6. The zero-order valence-corrected chi connectivity index (χ0v) is 24.9. The number of aromatic nitrogens is 3. The molecule has 222 valence electrons. The van der Waals surface area contributed by atoms with Crippen molar-refractivity contribution < 1.29 is 19.1 Å². The van der Waals surface area contributed by atoms with E-state index in [1.165, 1.54) is 0 Å². The van der Waals surface area contributed by atoms with Crippen LogP contribution in [-0.2, 0) is 6.61 Å². The van der Waals surface area contributed by atoms with Crippen LogP contribution >= 0.6 is 0 Å². The van der Waals surface area contributed by atoms with Crippen LogP contribution in [0, 0.1) is 5.92 Å². The average Bonchev–Trinajstić information content (AvgIpc) is 3.65. The predicted molar refractivity (Wildman–Crippen MR) is 172 cm³/mol. The highest BCUT2D eigenvalue weighted by molar-refractivity contribution is 6.27. The van der Waals surface area contributed by atoms with Gasteiger partial charge in [0.15, 0.2) is 11.6 Å². The number of nitrogens with zero attached hydrogens (tertiary/aromatic N) is 2. The molecule has 0 aliphatic heterocycles. The number of carbonyl (C=O) groups excluding carboxylic acids is 2. The Kier molecular flexibility index (Phi) is 7.43. The van der Waals surface area contributed by atoms with Gasteiger partial charge >= 0.3 is 0 Å². The summed E-state index contributed by atoms with van der Waals surface area (Å²) in [5.41, 5.74) is 5.57. The summed E-state index contributed by atoms with van der Waals surface area (Å²) >= 11 is 0. The van der Waals surface area contributed by atoms with E-state index in [9.17, 15) is 9.59 Å². The first-order valence-electron chi connectivity index (χ1n) is 14.9. The molecule has 1 aliphatic rings. The van der Waals surface area contributed by atoms with Gasteiger partial charge in [0.1, 0.15) is 29.4 Å². The monoisotopic (exact) mass is 593 g/mol. The van der Waals surface area contributed by atoms with Crippen molar-refractivity contribution in [1.29, 1.82) is 0 Å². The third-order valence-electron chi connectivity index (χ3n) is 8.60. The largest absolute Gasteiger partial charge is 0.494 e. The molecule has 2 heterocycles.